The Morgan fingerprint density at radius 3 is 1.33 bits per heavy atom. The number of carboxylic acid groups (broad SMARTS) is 3. The van der Waals surface area contributed by atoms with Gasteiger partial charge in [0.2, 0.25) is 0 Å². The fourth-order valence-electron chi connectivity index (χ4n) is 0.714. The van der Waals surface area contributed by atoms with Crippen molar-refractivity contribution >= 4 is 17.9 Å². The summed E-state index contributed by atoms with van der Waals surface area (Å²) >= 11 is 0. The molecular formula is C6H10K2O7. The Bertz CT molecular complexity index is 245. The normalized spacial score (nSPS) is 9.40. The summed E-state index contributed by atoms with van der Waals surface area (Å²) in [6.45, 7) is 0. The summed E-state index contributed by atoms with van der Waals surface area (Å²) in [5.74, 6) is -5.02. The van der Waals surface area contributed by atoms with Crippen LogP contribution in [0.2, 0.25) is 0 Å². The maximum atomic E-state index is 10.3. The van der Waals surface area contributed by atoms with E-state index < -0.39 is 36.4 Å². The Balaban J connectivity index is -0.000000120. The van der Waals surface area contributed by atoms with Gasteiger partial charge in [-0.15, -0.1) is 0 Å². The van der Waals surface area contributed by atoms with Gasteiger partial charge in [0.1, 0.15) is 0 Å². The Morgan fingerprint density at radius 2 is 1.20 bits per heavy atom. The van der Waals surface area contributed by atoms with Gasteiger partial charge in [0.25, 0.3) is 0 Å². The minimum absolute atomic E-state index is 0. The predicted molar refractivity (Wildman–Crippen MR) is 39.3 cm³/mol. The number of hydrogen-bond donors (Lipinski definition) is 4. The zero-order valence-corrected chi connectivity index (χ0v) is 14.7. The van der Waals surface area contributed by atoms with Crippen LogP contribution in [0.4, 0.5) is 0 Å². The molecule has 0 unspecified atom stereocenters. The number of aliphatic carboxylic acids is 3. The molecule has 0 aromatic heterocycles. The van der Waals surface area contributed by atoms with E-state index in [1.54, 1.807) is 0 Å². The maximum Gasteiger partial charge on any atom is 1.00 e. The van der Waals surface area contributed by atoms with Crippen molar-refractivity contribution in [2.24, 2.45) is 0 Å². The molecule has 0 rings (SSSR count). The van der Waals surface area contributed by atoms with E-state index in [1.165, 1.54) is 0 Å². The summed E-state index contributed by atoms with van der Waals surface area (Å²) in [6, 6.07) is 0. The molecule has 0 spiro atoms. The van der Waals surface area contributed by atoms with Crippen LogP contribution in [0.5, 0.6) is 0 Å². The molecule has 78 valence electrons. The summed E-state index contributed by atoms with van der Waals surface area (Å²) in [5.41, 5.74) is -2.74. The molecule has 0 bridgehead atoms. The Kier molecular flexibility index (Phi) is 14.1. The van der Waals surface area contributed by atoms with Crippen LogP contribution in [0.15, 0.2) is 0 Å². The van der Waals surface area contributed by atoms with Gasteiger partial charge in [-0.1, -0.05) is 0 Å². The van der Waals surface area contributed by atoms with E-state index >= 15 is 0 Å². The maximum absolute atomic E-state index is 10.3. The zero-order valence-electron chi connectivity index (χ0n) is 10.4. The topological polar surface area (TPSA) is 132 Å². The van der Waals surface area contributed by atoms with Crippen LogP contribution in [0, 0.1) is 0 Å². The first-order valence-corrected chi connectivity index (χ1v) is 3.17. The van der Waals surface area contributed by atoms with Crippen LogP contribution < -0.4 is 103 Å². The van der Waals surface area contributed by atoms with Crippen molar-refractivity contribution in [3.8, 4) is 0 Å². The Labute approximate surface area is 173 Å². The molecule has 0 aliphatic heterocycles. The minimum Gasteiger partial charge on any atom is -1.00 e. The van der Waals surface area contributed by atoms with Crippen molar-refractivity contribution in [1.29, 1.82) is 0 Å². The number of carboxylic acids is 3. The third kappa shape index (κ3) is 9.35. The van der Waals surface area contributed by atoms with E-state index in [4.69, 9.17) is 20.4 Å². The molecule has 0 aromatic rings. The quantitative estimate of drug-likeness (QED) is 0.366. The summed E-state index contributed by atoms with van der Waals surface area (Å²) in [4.78, 5) is 30.5. The van der Waals surface area contributed by atoms with Crippen molar-refractivity contribution in [3.63, 3.8) is 0 Å². The molecule has 0 aliphatic rings. The number of carbonyl (C=O) groups is 3. The second-order valence-electron chi connectivity index (χ2n) is 2.48. The van der Waals surface area contributed by atoms with Gasteiger partial charge in [-0.2, -0.15) is 0 Å². The molecule has 7 nitrogen and oxygen atoms in total. The van der Waals surface area contributed by atoms with Crippen LogP contribution in [0.25, 0.3) is 0 Å². The van der Waals surface area contributed by atoms with E-state index in [0.29, 0.717) is 0 Å². The molecular weight excluding hydrogens is 262 g/mol. The number of aliphatic hydroxyl groups is 1. The molecule has 0 heterocycles. The average molecular weight is 272 g/mol. The van der Waals surface area contributed by atoms with E-state index in [-0.39, 0.29) is 106 Å². The molecule has 4 N–H and O–H groups in total. The molecule has 0 amide bonds. The fourth-order valence-corrected chi connectivity index (χ4v) is 0.714. The van der Waals surface area contributed by atoms with Crippen LogP contribution in [-0.4, -0.2) is 43.9 Å². The van der Waals surface area contributed by atoms with Gasteiger partial charge in [0.05, 0.1) is 12.8 Å². The molecule has 0 aromatic carbocycles. The molecule has 0 fully saturated rings. The third-order valence-corrected chi connectivity index (χ3v) is 1.29. The second kappa shape index (κ2) is 9.65. The first-order valence-electron chi connectivity index (χ1n) is 3.17. The van der Waals surface area contributed by atoms with Gasteiger partial charge in [0.15, 0.2) is 5.60 Å². The van der Waals surface area contributed by atoms with Gasteiger partial charge in [-0.3, -0.25) is 9.59 Å². The average Bonchev–Trinajstić information content (AvgIpc) is 1.82. The van der Waals surface area contributed by atoms with Crippen molar-refractivity contribution in [2.75, 3.05) is 0 Å². The first kappa shape index (κ1) is 21.9. The minimum atomic E-state index is -2.74. The Hall–Kier alpha value is 1.64. The largest absolute Gasteiger partial charge is 1.00 e. The van der Waals surface area contributed by atoms with Crippen molar-refractivity contribution < 1.29 is 140 Å². The van der Waals surface area contributed by atoms with Gasteiger partial charge in [-0.05, 0) is 0 Å². The second-order valence-corrected chi connectivity index (χ2v) is 2.48. The van der Waals surface area contributed by atoms with Crippen LogP contribution >= 0.6 is 0 Å². The molecule has 15 heavy (non-hydrogen) atoms. The third-order valence-electron chi connectivity index (χ3n) is 1.29. The van der Waals surface area contributed by atoms with E-state index in [2.05, 4.69) is 0 Å². The Morgan fingerprint density at radius 1 is 0.933 bits per heavy atom. The monoisotopic (exact) mass is 272 g/mol. The van der Waals surface area contributed by atoms with Crippen LogP contribution in [-0.2, 0) is 14.4 Å². The van der Waals surface area contributed by atoms with E-state index in [1.807, 2.05) is 0 Å². The van der Waals surface area contributed by atoms with Crippen LogP contribution in [0.1, 0.15) is 15.7 Å². The summed E-state index contributed by atoms with van der Waals surface area (Å²) < 4.78 is 0. The van der Waals surface area contributed by atoms with Gasteiger partial charge in [-0.25, -0.2) is 4.79 Å². The van der Waals surface area contributed by atoms with E-state index in [9.17, 15) is 14.4 Å². The number of hydrogen-bond acceptors (Lipinski definition) is 4. The number of rotatable bonds is 5. The summed E-state index contributed by atoms with van der Waals surface area (Å²) in [7, 11) is 0. The molecule has 0 radical (unpaired) electrons. The summed E-state index contributed by atoms with van der Waals surface area (Å²) in [5, 5.41) is 33.8. The molecule has 0 aliphatic carbocycles. The molecule has 0 saturated heterocycles. The molecule has 0 saturated carbocycles. The smallest absolute Gasteiger partial charge is 1.00 e. The molecule has 0 atom stereocenters. The molecule has 9 heteroatoms. The van der Waals surface area contributed by atoms with Crippen molar-refractivity contribution in [2.45, 2.75) is 18.4 Å². The van der Waals surface area contributed by atoms with E-state index in [0.717, 1.165) is 0 Å². The van der Waals surface area contributed by atoms with Crippen LogP contribution in [0.3, 0.4) is 0 Å². The van der Waals surface area contributed by atoms with Gasteiger partial charge < -0.3 is 23.3 Å². The first-order chi connectivity index (χ1) is 5.78. The predicted octanol–water partition coefficient (Wildman–Crippen LogP) is -7.02. The van der Waals surface area contributed by atoms with Crippen molar-refractivity contribution in [1.82, 2.24) is 0 Å². The van der Waals surface area contributed by atoms with Crippen molar-refractivity contribution in [3.05, 3.63) is 0 Å². The SMILES string of the molecule is O=C(O)CC(O)(CC(=O)O)C(=O)O.[H-].[H-].[K+].[K+]. The zero-order chi connectivity index (χ0) is 10.6. The van der Waals surface area contributed by atoms with Gasteiger partial charge in [0, 0.05) is 0 Å². The van der Waals surface area contributed by atoms with Gasteiger partial charge >= 0.3 is 121 Å². The fraction of sp³-hybridized carbons (Fsp3) is 0.500. The summed E-state index contributed by atoms with van der Waals surface area (Å²) in [6.07, 6.45) is -2.29. The standard InChI is InChI=1S/C6H8O7.2K.2H/c7-3(8)1-6(13,5(11)12)2-4(9)10;;;;/h13H,1-2H2,(H,7,8)(H,9,10)(H,11,12);;;;/q;2*+1;2*-1.